The second-order valence-electron chi connectivity index (χ2n) is 7.64. The summed E-state index contributed by atoms with van der Waals surface area (Å²) in [6.07, 6.45) is -1.50. The molecule has 2 N–H and O–H groups in total. The van der Waals surface area contributed by atoms with Crippen LogP contribution in [0.15, 0.2) is 34.1 Å². The molecule has 0 aromatic heterocycles. The summed E-state index contributed by atoms with van der Waals surface area (Å²) in [5, 5.41) is 5.07. The first-order valence-corrected chi connectivity index (χ1v) is 12.0. The third-order valence-corrected chi connectivity index (χ3v) is 6.55. The van der Waals surface area contributed by atoms with E-state index in [1.807, 2.05) is 0 Å². The normalized spacial score (nSPS) is 10.9. The van der Waals surface area contributed by atoms with E-state index in [9.17, 15) is 18.4 Å². The SMILES string of the molecule is Cc1cc(F)c(OC(=O)NC(C)C)cc1SSc1cc(OC(=O)NC(C)C)c(F)cc1C. The van der Waals surface area contributed by atoms with Gasteiger partial charge in [0, 0.05) is 21.9 Å². The molecule has 2 aromatic rings. The third kappa shape index (κ3) is 7.59. The van der Waals surface area contributed by atoms with Crippen LogP contribution in [0.5, 0.6) is 11.5 Å². The van der Waals surface area contributed by atoms with Gasteiger partial charge in [-0.05, 0) is 76.9 Å². The fourth-order valence-corrected chi connectivity index (χ4v) is 4.91. The van der Waals surface area contributed by atoms with Crippen molar-refractivity contribution in [1.82, 2.24) is 10.6 Å². The zero-order valence-corrected chi connectivity index (χ0v) is 20.3. The van der Waals surface area contributed by atoms with Gasteiger partial charge < -0.3 is 20.1 Å². The van der Waals surface area contributed by atoms with Gasteiger partial charge in [-0.25, -0.2) is 18.4 Å². The lowest BCUT2D eigenvalue weighted by atomic mass is 10.2. The van der Waals surface area contributed by atoms with Gasteiger partial charge in [0.25, 0.3) is 0 Å². The first-order chi connectivity index (χ1) is 15.0. The van der Waals surface area contributed by atoms with Gasteiger partial charge in [0.05, 0.1) is 0 Å². The van der Waals surface area contributed by atoms with Crippen molar-refractivity contribution in [3.05, 3.63) is 47.0 Å². The molecule has 174 valence electrons. The second-order valence-corrected chi connectivity index (χ2v) is 9.85. The van der Waals surface area contributed by atoms with E-state index in [-0.39, 0.29) is 23.6 Å². The van der Waals surface area contributed by atoms with Crippen LogP contribution in [-0.4, -0.2) is 24.3 Å². The molecule has 2 amide bonds. The highest BCUT2D eigenvalue weighted by molar-refractivity contribution is 8.76. The van der Waals surface area contributed by atoms with Crippen LogP contribution in [0, 0.1) is 25.5 Å². The van der Waals surface area contributed by atoms with E-state index < -0.39 is 23.8 Å². The number of hydrogen-bond donors (Lipinski definition) is 2. The molecule has 2 rings (SSSR count). The van der Waals surface area contributed by atoms with Gasteiger partial charge in [-0.3, -0.25) is 0 Å². The van der Waals surface area contributed by atoms with Crippen LogP contribution in [0.4, 0.5) is 18.4 Å². The highest BCUT2D eigenvalue weighted by Gasteiger charge is 2.17. The maximum atomic E-state index is 14.2. The van der Waals surface area contributed by atoms with Crippen LogP contribution >= 0.6 is 21.6 Å². The smallest absolute Gasteiger partial charge is 0.407 e. The van der Waals surface area contributed by atoms with Gasteiger partial charge in [-0.1, -0.05) is 21.6 Å². The maximum absolute atomic E-state index is 14.2. The number of ether oxygens (including phenoxy) is 2. The molecular formula is C22H26F2N2O4S2. The van der Waals surface area contributed by atoms with Crippen molar-refractivity contribution >= 4 is 33.8 Å². The van der Waals surface area contributed by atoms with E-state index in [2.05, 4.69) is 10.6 Å². The summed E-state index contributed by atoms with van der Waals surface area (Å²) in [5.74, 6) is -1.69. The zero-order chi connectivity index (χ0) is 24.0. The lowest BCUT2D eigenvalue weighted by molar-refractivity contribution is 0.194. The van der Waals surface area contributed by atoms with Crippen LogP contribution in [0.2, 0.25) is 0 Å². The molecular weight excluding hydrogens is 458 g/mol. The summed E-state index contributed by atoms with van der Waals surface area (Å²) in [7, 11) is 2.56. The first-order valence-electron chi connectivity index (χ1n) is 9.87. The van der Waals surface area contributed by atoms with Crippen LogP contribution in [0.1, 0.15) is 38.8 Å². The molecule has 0 aliphatic rings. The van der Waals surface area contributed by atoms with Crippen molar-refractivity contribution in [3.8, 4) is 11.5 Å². The van der Waals surface area contributed by atoms with Crippen molar-refractivity contribution in [2.75, 3.05) is 0 Å². The predicted molar refractivity (Wildman–Crippen MR) is 123 cm³/mol. The fourth-order valence-electron chi connectivity index (χ4n) is 2.42. The molecule has 2 aromatic carbocycles. The van der Waals surface area contributed by atoms with Crippen molar-refractivity contribution in [2.24, 2.45) is 0 Å². The van der Waals surface area contributed by atoms with Gasteiger partial charge >= 0.3 is 12.2 Å². The van der Waals surface area contributed by atoms with Crippen molar-refractivity contribution in [3.63, 3.8) is 0 Å². The molecule has 0 saturated carbocycles. The van der Waals surface area contributed by atoms with E-state index in [0.29, 0.717) is 20.9 Å². The Bertz CT molecular complexity index is 921. The largest absolute Gasteiger partial charge is 0.412 e. The number of halogens is 2. The number of carbonyl (C=O) groups is 2. The number of carbonyl (C=O) groups excluding carboxylic acids is 2. The minimum atomic E-state index is -0.748. The molecule has 0 bridgehead atoms. The molecule has 6 nitrogen and oxygen atoms in total. The lowest BCUT2D eigenvalue weighted by Crippen LogP contribution is -2.32. The van der Waals surface area contributed by atoms with E-state index in [4.69, 9.17) is 9.47 Å². The van der Waals surface area contributed by atoms with Gasteiger partial charge in [0.15, 0.2) is 23.1 Å². The Morgan fingerprint density at radius 1 is 0.750 bits per heavy atom. The Kier molecular flexibility index (Phi) is 9.21. The summed E-state index contributed by atoms with van der Waals surface area (Å²) in [6, 6.07) is 5.14. The number of aryl methyl sites for hydroxylation is 2. The highest BCUT2D eigenvalue weighted by Crippen LogP contribution is 2.43. The highest BCUT2D eigenvalue weighted by atomic mass is 33.1. The topological polar surface area (TPSA) is 76.7 Å². The Labute approximate surface area is 194 Å². The zero-order valence-electron chi connectivity index (χ0n) is 18.7. The fraction of sp³-hybridized carbons (Fsp3) is 0.364. The number of rotatable bonds is 7. The number of amides is 2. The molecule has 32 heavy (non-hydrogen) atoms. The molecule has 0 heterocycles. The molecule has 0 aliphatic heterocycles. The Morgan fingerprint density at radius 3 is 1.41 bits per heavy atom. The number of hydrogen-bond acceptors (Lipinski definition) is 6. The molecule has 0 unspecified atom stereocenters. The standard InChI is InChI=1S/C22H26F2N2O4S2/c1-11(2)25-21(27)29-17-9-19(13(5)7-15(17)23)31-32-20-10-18(16(24)8-14(20)6)30-22(28)26-12(3)4/h7-12H,1-6H3,(H,25,27)(H,26,28). The minimum Gasteiger partial charge on any atom is -0.407 e. The van der Waals surface area contributed by atoms with Crippen LogP contribution in [-0.2, 0) is 0 Å². The van der Waals surface area contributed by atoms with Crippen LogP contribution in [0.25, 0.3) is 0 Å². The maximum Gasteiger partial charge on any atom is 0.412 e. The summed E-state index contributed by atoms with van der Waals surface area (Å²) >= 11 is 0. The monoisotopic (exact) mass is 484 g/mol. The molecule has 10 heteroatoms. The molecule has 0 saturated heterocycles. The average Bonchev–Trinajstić information content (AvgIpc) is 2.64. The second kappa shape index (κ2) is 11.4. The van der Waals surface area contributed by atoms with E-state index in [1.165, 1.54) is 45.9 Å². The van der Waals surface area contributed by atoms with Crippen molar-refractivity contribution < 1.29 is 27.8 Å². The Hall–Kier alpha value is -2.46. The summed E-state index contributed by atoms with van der Waals surface area (Å²) in [6.45, 7) is 10.5. The summed E-state index contributed by atoms with van der Waals surface area (Å²) < 4.78 is 38.6. The van der Waals surface area contributed by atoms with E-state index in [0.717, 1.165) is 0 Å². The molecule has 0 atom stereocenters. The molecule has 0 spiro atoms. The summed E-state index contributed by atoms with van der Waals surface area (Å²) in [5.41, 5.74) is 1.29. The van der Waals surface area contributed by atoms with E-state index >= 15 is 0 Å². The average molecular weight is 485 g/mol. The van der Waals surface area contributed by atoms with Gasteiger partial charge in [-0.15, -0.1) is 0 Å². The predicted octanol–water partition coefficient (Wildman–Crippen LogP) is 6.37. The van der Waals surface area contributed by atoms with Gasteiger partial charge in [-0.2, -0.15) is 0 Å². The van der Waals surface area contributed by atoms with Crippen molar-refractivity contribution in [1.29, 1.82) is 0 Å². The Balaban J connectivity index is 2.18. The lowest BCUT2D eigenvalue weighted by Gasteiger charge is -2.14. The van der Waals surface area contributed by atoms with Crippen LogP contribution < -0.4 is 20.1 Å². The number of benzene rings is 2. The third-order valence-electron chi connectivity index (χ3n) is 3.90. The van der Waals surface area contributed by atoms with Crippen molar-refractivity contribution in [2.45, 2.75) is 63.4 Å². The minimum absolute atomic E-state index is 0.152. The number of nitrogens with one attached hydrogen (secondary N) is 2. The van der Waals surface area contributed by atoms with Crippen LogP contribution in [0.3, 0.4) is 0 Å². The summed E-state index contributed by atoms with van der Waals surface area (Å²) in [4.78, 5) is 25.0. The molecule has 0 radical (unpaired) electrons. The van der Waals surface area contributed by atoms with Gasteiger partial charge in [0.1, 0.15) is 0 Å². The Morgan fingerprint density at radius 2 is 1.09 bits per heavy atom. The molecule has 0 aliphatic carbocycles. The molecule has 0 fully saturated rings. The quantitative estimate of drug-likeness (QED) is 0.445. The van der Waals surface area contributed by atoms with E-state index in [1.54, 1.807) is 41.5 Å². The first kappa shape index (κ1) is 25.8. The van der Waals surface area contributed by atoms with Gasteiger partial charge in [0.2, 0.25) is 0 Å².